The first-order chi connectivity index (χ1) is 10.6. The molecule has 22 heavy (non-hydrogen) atoms. The third kappa shape index (κ3) is 1.85. The Balaban J connectivity index is 1.80. The first kappa shape index (κ1) is 13.9. The van der Waals surface area contributed by atoms with E-state index in [1.165, 1.54) is 6.07 Å². The summed E-state index contributed by atoms with van der Waals surface area (Å²) in [6.07, 6.45) is 0.889. The predicted octanol–water partition coefficient (Wildman–Crippen LogP) is 3.48. The minimum absolute atomic E-state index is 0.0534. The van der Waals surface area contributed by atoms with Crippen molar-refractivity contribution in [3.63, 3.8) is 0 Å². The topological polar surface area (TPSA) is 46.7 Å². The van der Waals surface area contributed by atoms with Gasteiger partial charge in [-0.05, 0) is 31.0 Å². The zero-order chi connectivity index (χ0) is 15.4. The summed E-state index contributed by atoms with van der Waals surface area (Å²) in [7, 11) is -3.67. The van der Waals surface area contributed by atoms with Crippen LogP contribution in [0.4, 0.5) is 4.39 Å². The van der Waals surface area contributed by atoms with Crippen LogP contribution in [0, 0.1) is 11.7 Å². The standard InChI is InChI=1S/C17H15FO3S/c18-15-9-5-4-8-14(15)16-17(21-16,12-10-11-12)22(19,20)13-6-2-1-3-7-13/h1-9,12,16H,10-11H2. The van der Waals surface area contributed by atoms with E-state index in [1.807, 2.05) is 0 Å². The maximum atomic E-state index is 14.0. The van der Waals surface area contributed by atoms with Crippen molar-refractivity contribution in [3.8, 4) is 0 Å². The molecule has 1 aliphatic carbocycles. The minimum Gasteiger partial charge on any atom is -0.343 e. The second-order valence-electron chi connectivity index (χ2n) is 5.83. The van der Waals surface area contributed by atoms with Crippen LogP contribution in [0.25, 0.3) is 0 Å². The summed E-state index contributed by atoms with van der Waals surface area (Å²) in [5.41, 5.74) is 0.328. The van der Waals surface area contributed by atoms with Crippen molar-refractivity contribution in [1.29, 1.82) is 0 Å². The lowest BCUT2D eigenvalue weighted by Gasteiger charge is -2.14. The van der Waals surface area contributed by atoms with E-state index in [0.29, 0.717) is 5.56 Å². The van der Waals surface area contributed by atoms with Crippen LogP contribution in [0.15, 0.2) is 59.5 Å². The fourth-order valence-electron chi connectivity index (χ4n) is 3.12. The number of halogens is 1. The van der Waals surface area contributed by atoms with E-state index in [2.05, 4.69) is 0 Å². The van der Waals surface area contributed by atoms with E-state index >= 15 is 0 Å². The van der Waals surface area contributed by atoms with Gasteiger partial charge in [0.05, 0.1) is 4.90 Å². The number of hydrogen-bond acceptors (Lipinski definition) is 3. The summed E-state index contributed by atoms with van der Waals surface area (Å²) in [5.74, 6) is -0.472. The van der Waals surface area contributed by atoms with Crippen molar-refractivity contribution in [2.45, 2.75) is 28.8 Å². The third-order valence-electron chi connectivity index (χ3n) is 4.42. The van der Waals surface area contributed by atoms with E-state index in [4.69, 9.17) is 4.74 Å². The zero-order valence-corrected chi connectivity index (χ0v) is 12.6. The lowest BCUT2D eigenvalue weighted by atomic mass is 10.1. The van der Waals surface area contributed by atoms with Crippen molar-refractivity contribution in [2.75, 3.05) is 0 Å². The van der Waals surface area contributed by atoms with Crippen LogP contribution in [0.3, 0.4) is 0 Å². The molecule has 2 atom stereocenters. The van der Waals surface area contributed by atoms with E-state index in [1.54, 1.807) is 48.5 Å². The highest BCUT2D eigenvalue weighted by Gasteiger charge is 2.73. The maximum absolute atomic E-state index is 14.0. The van der Waals surface area contributed by atoms with Gasteiger partial charge < -0.3 is 4.74 Å². The summed E-state index contributed by atoms with van der Waals surface area (Å²) >= 11 is 0. The van der Waals surface area contributed by atoms with Gasteiger partial charge in [-0.3, -0.25) is 0 Å². The molecular weight excluding hydrogens is 303 g/mol. The van der Waals surface area contributed by atoms with Gasteiger partial charge in [0.15, 0.2) is 0 Å². The summed E-state index contributed by atoms with van der Waals surface area (Å²) in [5, 5.41) is 0. The van der Waals surface area contributed by atoms with Gasteiger partial charge in [0, 0.05) is 11.5 Å². The lowest BCUT2D eigenvalue weighted by molar-refractivity contribution is 0.325. The maximum Gasteiger partial charge on any atom is 0.211 e. The van der Waals surface area contributed by atoms with Crippen molar-refractivity contribution in [3.05, 3.63) is 66.0 Å². The molecule has 2 fully saturated rings. The van der Waals surface area contributed by atoms with Crippen LogP contribution in [0.5, 0.6) is 0 Å². The molecule has 0 radical (unpaired) electrons. The van der Waals surface area contributed by atoms with Crippen LogP contribution in [-0.2, 0) is 14.6 Å². The van der Waals surface area contributed by atoms with Gasteiger partial charge in [-0.25, -0.2) is 12.8 Å². The molecule has 4 rings (SSSR count). The number of sulfone groups is 1. The Labute approximate surface area is 128 Å². The van der Waals surface area contributed by atoms with Gasteiger partial charge >= 0.3 is 0 Å². The smallest absolute Gasteiger partial charge is 0.211 e. The molecule has 114 valence electrons. The molecule has 1 saturated heterocycles. The number of epoxide rings is 1. The van der Waals surface area contributed by atoms with Gasteiger partial charge in [0.2, 0.25) is 14.8 Å². The van der Waals surface area contributed by atoms with E-state index in [9.17, 15) is 12.8 Å². The van der Waals surface area contributed by atoms with E-state index < -0.39 is 26.7 Å². The molecule has 1 saturated carbocycles. The third-order valence-corrected chi connectivity index (χ3v) is 6.79. The predicted molar refractivity (Wildman–Crippen MR) is 79.3 cm³/mol. The number of hydrogen-bond donors (Lipinski definition) is 0. The van der Waals surface area contributed by atoms with Gasteiger partial charge in [0.25, 0.3) is 0 Å². The van der Waals surface area contributed by atoms with E-state index in [0.717, 1.165) is 12.8 Å². The monoisotopic (exact) mass is 318 g/mol. The molecule has 3 nitrogen and oxygen atoms in total. The van der Waals surface area contributed by atoms with Crippen LogP contribution in [0.1, 0.15) is 24.5 Å². The highest BCUT2D eigenvalue weighted by molar-refractivity contribution is 7.93. The van der Waals surface area contributed by atoms with E-state index in [-0.39, 0.29) is 10.8 Å². The second kappa shape index (κ2) is 4.64. The Morgan fingerprint density at radius 1 is 1.00 bits per heavy atom. The number of rotatable bonds is 4. The Bertz CT molecular complexity index is 815. The molecule has 2 unspecified atom stereocenters. The molecule has 5 heteroatoms. The van der Waals surface area contributed by atoms with Gasteiger partial charge in [-0.1, -0.05) is 36.4 Å². The molecular formula is C17H15FO3S. The average molecular weight is 318 g/mol. The van der Waals surface area contributed by atoms with Crippen LogP contribution in [-0.4, -0.2) is 13.4 Å². The molecule has 0 spiro atoms. The average Bonchev–Trinajstić information content (AvgIpc) is 3.40. The van der Waals surface area contributed by atoms with Gasteiger partial charge in [0.1, 0.15) is 11.9 Å². The summed E-state index contributed by atoms with van der Waals surface area (Å²) in [6, 6.07) is 14.5. The molecule has 0 aromatic heterocycles. The summed E-state index contributed by atoms with van der Waals surface area (Å²) in [6.45, 7) is 0. The second-order valence-corrected chi connectivity index (χ2v) is 7.95. The fraction of sp³-hybridized carbons (Fsp3) is 0.294. The largest absolute Gasteiger partial charge is 0.343 e. The molecule has 1 aliphatic heterocycles. The van der Waals surface area contributed by atoms with Gasteiger partial charge in [-0.15, -0.1) is 0 Å². The molecule has 0 amide bonds. The van der Waals surface area contributed by atoms with Gasteiger partial charge in [-0.2, -0.15) is 0 Å². The molecule has 2 aromatic rings. The van der Waals surface area contributed by atoms with Crippen LogP contribution < -0.4 is 0 Å². The SMILES string of the molecule is O=S(=O)(c1ccccc1)C1(C2CC2)OC1c1ccccc1F. The molecule has 2 aliphatic rings. The Hall–Kier alpha value is -1.72. The lowest BCUT2D eigenvalue weighted by Crippen LogP contribution is -2.28. The zero-order valence-electron chi connectivity index (χ0n) is 11.8. The number of benzene rings is 2. The highest BCUT2D eigenvalue weighted by Crippen LogP contribution is 2.66. The Morgan fingerprint density at radius 3 is 2.27 bits per heavy atom. The minimum atomic E-state index is -3.67. The van der Waals surface area contributed by atoms with Crippen molar-refractivity contribution in [2.24, 2.45) is 5.92 Å². The quantitative estimate of drug-likeness (QED) is 0.811. The van der Waals surface area contributed by atoms with Crippen molar-refractivity contribution >= 4 is 9.84 Å². The highest BCUT2D eigenvalue weighted by atomic mass is 32.2. The van der Waals surface area contributed by atoms with Crippen molar-refractivity contribution in [1.82, 2.24) is 0 Å². The van der Waals surface area contributed by atoms with Crippen LogP contribution in [0.2, 0.25) is 0 Å². The number of ether oxygens (including phenoxy) is 1. The molecule has 2 aromatic carbocycles. The first-order valence-electron chi connectivity index (χ1n) is 7.29. The molecule has 0 bridgehead atoms. The van der Waals surface area contributed by atoms with Crippen molar-refractivity contribution < 1.29 is 17.5 Å². The Kier molecular flexibility index (Phi) is 2.93. The molecule has 1 heterocycles. The molecule has 0 N–H and O–H groups in total. The van der Waals surface area contributed by atoms with Crippen LogP contribution >= 0.6 is 0 Å². The summed E-state index contributed by atoms with van der Waals surface area (Å²) in [4.78, 5) is -1.06. The first-order valence-corrected chi connectivity index (χ1v) is 8.77. The summed E-state index contributed by atoms with van der Waals surface area (Å²) < 4.78 is 45.8. The fourth-order valence-corrected chi connectivity index (χ4v) is 5.31. The normalized spacial score (nSPS) is 27.6. The Morgan fingerprint density at radius 2 is 1.64 bits per heavy atom.